The predicted octanol–water partition coefficient (Wildman–Crippen LogP) is 2.93. The summed E-state index contributed by atoms with van der Waals surface area (Å²) in [7, 11) is 0. The molecule has 2 aromatic rings. The van der Waals surface area contributed by atoms with E-state index in [2.05, 4.69) is 10.5 Å². The van der Waals surface area contributed by atoms with Gasteiger partial charge in [0.15, 0.2) is 5.75 Å². The van der Waals surface area contributed by atoms with Crippen molar-refractivity contribution in [2.75, 3.05) is 6.54 Å². The monoisotopic (exact) mass is 417 g/mol. The van der Waals surface area contributed by atoms with Crippen LogP contribution in [0.25, 0.3) is 10.4 Å². The third kappa shape index (κ3) is 5.33. The van der Waals surface area contributed by atoms with Crippen LogP contribution in [0.3, 0.4) is 0 Å². The average molecular weight is 418 g/mol. The summed E-state index contributed by atoms with van der Waals surface area (Å²) in [5.74, 6) is -0.0972. The summed E-state index contributed by atoms with van der Waals surface area (Å²) in [6, 6.07) is 6.60. The number of likely N-dealkylation sites (tertiary alicyclic amines) is 1. The van der Waals surface area contributed by atoms with Gasteiger partial charge in [0.2, 0.25) is 5.91 Å². The number of aliphatic hydroxyl groups is 1. The zero-order valence-electron chi connectivity index (χ0n) is 17.1. The topological polar surface area (TPSA) is 91.8 Å². The Bertz CT molecular complexity index is 873. The maximum absolute atomic E-state index is 12.6. The summed E-state index contributed by atoms with van der Waals surface area (Å²) < 4.78 is 0. The molecule has 3 rings (SSSR count). The van der Waals surface area contributed by atoms with Crippen molar-refractivity contribution in [3.05, 3.63) is 35.5 Å². The fourth-order valence-electron chi connectivity index (χ4n) is 3.32. The predicted molar refractivity (Wildman–Crippen MR) is 111 cm³/mol. The highest BCUT2D eigenvalue weighted by atomic mass is 32.1. The zero-order chi connectivity index (χ0) is 21.2. The number of aryl methyl sites for hydroxylation is 1. The van der Waals surface area contributed by atoms with Gasteiger partial charge in [0.05, 0.1) is 22.2 Å². The number of aromatic nitrogens is 1. The molecule has 0 bridgehead atoms. The van der Waals surface area contributed by atoms with E-state index in [1.807, 2.05) is 39.8 Å². The van der Waals surface area contributed by atoms with E-state index in [1.54, 1.807) is 29.0 Å². The molecule has 1 fully saturated rings. The van der Waals surface area contributed by atoms with Gasteiger partial charge < -0.3 is 14.8 Å². The van der Waals surface area contributed by atoms with Gasteiger partial charge in [0.1, 0.15) is 6.04 Å². The number of amides is 2. The molecule has 0 saturated carbocycles. The number of aliphatic hydroxyl groups excluding tert-OH is 1. The number of nitrogens with zero attached hydrogens (tertiary/aromatic N) is 2. The van der Waals surface area contributed by atoms with Gasteiger partial charge in [-0.25, -0.2) is 4.98 Å². The fraction of sp³-hybridized carbons (Fsp3) is 0.476. The summed E-state index contributed by atoms with van der Waals surface area (Å²) in [6.07, 6.45) is -0.200. The van der Waals surface area contributed by atoms with Crippen molar-refractivity contribution in [3.63, 3.8) is 0 Å². The molecule has 7 nitrogen and oxygen atoms in total. The van der Waals surface area contributed by atoms with Crippen LogP contribution >= 0.6 is 11.3 Å². The Balaban J connectivity index is 1.60. The van der Waals surface area contributed by atoms with Crippen LogP contribution in [-0.2, 0) is 9.59 Å². The van der Waals surface area contributed by atoms with E-state index < -0.39 is 18.1 Å². The number of carbonyl (C=O) groups is 2. The van der Waals surface area contributed by atoms with Crippen molar-refractivity contribution in [1.82, 2.24) is 15.4 Å². The average Bonchev–Trinajstić information content (AvgIpc) is 3.24. The molecule has 156 valence electrons. The number of carbonyl (C=O) groups excluding carboxylic acids is 2. The second-order valence-electron chi connectivity index (χ2n) is 8.55. The van der Waals surface area contributed by atoms with E-state index in [0.29, 0.717) is 12.2 Å². The van der Waals surface area contributed by atoms with E-state index >= 15 is 0 Å². The molecule has 0 spiro atoms. The second kappa shape index (κ2) is 8.51. The van der Waals surface area contributed by atoms with Gasteiger partial charge in [-0.1, -0.05) is 20.8 Å². The summed E-state index contributed by atoms with van der Waals surface area (Å²) in [5.41, 5.74) is 6.03. The largest absolute Gasteiger partial charge is 0.391 e. The Labute approximate surface area is 174 Å². The molecule has 2 heterocycles. The molecule has 2 amide bonds. The summed E-state index contributed by atoms with van der Waals surface area (Å²) >= 11 is 1.57. The van der Waals surface area contributed by atoms with E-state index in [9.17, 15) is 14.7 Å². The number of hydroxylamine groups is 1. The van der Waals surface area contributed by atoms with E-state index in [1.165, 1.54) is 4.90 Å². The minimum absolute atomic E-state index is 0.140. The van der Waals surface area contributed by atoms with Gasteiger partial charge in [-0.2, -0.15) is 5.48 Å². The summed E-state index contributed by atoms with van der Waals surface area (Å²) in [6.45, 7) is 8.02. The molecular weight excluding hydrogens is 390 g/mol. The van der Waals surface area contributed by atoms with Crippen LogP contribution in [0.2, 0.25) is 0 Å². The number of benzene rings is 1. The van der Waals surface area contributed by atoms with Gasteiger partial charge in [0.25, 0.3) is 5.91 Å². The Morgan fingerprint density at radius 2 is 2.00 bits per heavy atom. The Kier molecular flexibility index (Phi) is 6.24. The van der Waals surface area contributed by atoms with Gasteiger partial charge >= 0.3 is 0 Å². The molecule has 2 N–H and O–H groups in total. The molecule has 1 aromatic heterocycles. The van der Waals surface area contributed by atoms with Crippen LogP contribution in [0.15, 0.2) is 29.8 Å². The van der Waals surface area contributed by atoms with Gasteiger partial charge in [-0.15, -0.1) is 11.3 Å². The molecule has 8 heteroatoms. The lowest BCUT2D eigenvalue weighted by molar-refractivity contribution is -0.142. The normalized spacial score (nSPS) is 19.3. The van der Waals surface area contributed by atoms with Crippen molar-refractivity contribution < 1.29 is 19.5 Å². The van der Waals surface area contributed by atoms with Crippen molar-refractivity contribution >= 4 is 23.2 Å². The third-order valence-electron chi connectivity index (χ3n) is 4.72. The molecule has 29 heavy (non-hydrogen) atoms. The van der Waals surface area contributed by atoms with Gasteiger partial charge in [-0.05, 0) is 42.2 Å². The second-order valence-corrected chi connectivity index (χ2v) is 9.40. The van der Waals surface area contributed by atoms with Crippen LogP contribution in [0.5, 0.6) is 5.75 Å². The first-order valence-electron chi connectivity index (χ1n) is 9.59. The van der Waals surface area contributed by atoms with Crippen molar-refractivity contribution in [2.24, 2.45) is 5.41 Å². The SMILES string of the molecule is Cc1ncsc1-c1ccc(ONC(=O)[C@@H]2C[C@@H](O)CN2C(=O)CC(C)(C)C)cc1. The molecule has 1 aromatic carbocycles. The number of hydrogen-bond donors (Lipinski definition) is 2. The first-order valence-corrected chi connectivity index (χ1v) is 10.5. The number of rotatable bonds is 5. The minimum Gasteiger partial charge on any atom is -0.391 e. The van der Waals surface area contributed by atoms with Crippen LogP contribution in [-0.4, -0.2) is 45.5 Å². The Morgan fingerprint density at radius 1 is 1.31 bits per heavy atom. The van der Waals surface area contributed by atoms with Crippen LogP contribution < -0.4 is 10.3 Å². The van der Waals surface area contributed by atoms with Crippen molar-refractivity contribution in [1.29, 1.82) is 0 Å². The lowest BCUT2D eigenvalue weighted by Gasteiger charge is -2.27. The minimum atomic E-state index is -0.737. The highest BCUT2D eigenvalue weighted by molar-refractivity contribution is 7.13. The van der Waals surface area contributed by atoms with Crippen LogP contribution in [0.1, 0.15) is 39.3 Å². The highest BCUT2D eigenvalue weighted by Crippen LogP contribution is 2.29. The quantitative estimate of drug-likeness (QED) is 0.730. The summed E-state index contributed by atoms with van der Waals surface area (Å²) in [5, 5.41) is 9.98. The maximum atomic E-state index is 12.6. The lowest BCUT2D eigenvalue weighted by atomic mass is 9.91. The highest BCUT2D eigenvalue weighted by Gasteiger charge is 2.40. The van der Waals surface area contributed by atoms with Crippen LogP contribution in [0.4, 0.5) is 0 Å². The zero-order valence-corrected chi connectivity index (χ0v) is 18.0. The summed E-state index contributed by atoms with van der Waals surface area (Å²) in [4.78, 5) is 37.4. The molecule has 2 atom stereocenters. The van der Waals surface area contributed by atoms with E-state index in [0.717, 1.165) is 16.1 Å². The lowest BCUT2D eigenvalue weighted by Crippen LogP contribution is -2.47. The molecular formula is C21H27N3O4S. The molecule has 0 radical (unpaired) electrons. The number of β-amino-alcohol motifs (C(OH)–C–C–N with tert-alkyl or cyclic N) is 1. The Morgan fingerprint density at radius 3 is 2.59 bits per heavy atom. The third-order valence-corrected chi connectivity index (χ3v) is 5.69. The molecule has 1 aliphatic heterocycles. The van der Waals surface area contributed by atoms with Gasteiger partial charge in [-0.3, -0.25) is 9.59 Å². The van der Waals surface area contributed by atoms with Crippen molar-refractivity contribution in [3.8, 4) is 16.2 Å². The first kappa shape index (κ1) is 21.3. The smallest absolute Gasteiger partial charge is 0.275 e. The number of hydrogen-bond acceptors (Lipinski definition) is 6. The fourth-order valence-corrected chi connectivity index (χ4v) is 4.14. The molecule has 0 aliphatic carbocycles. The standard InChI is InChI=1S/C21H27N3O4S/c1-13-19(29-12-22-13)14-5-7-16(8-6-14)28-23-20(27)17-9-15(25)11-24(17)18(26)10-21(2,3)4/h5-8,12,15,17,25H,9-11H2,1-4H3,(H,23,27)/t15-,17+/m1/s1. The van der Waals surface area contributed by atoms with Gasteiger partial charge in [0, 0.05) is 19.4 Å². The van der Waals surface area contributed by atoms with Crippen LogP contribution in [0, 0.1) is 12.3 Å². The molecule has 1 aliphatic rings. The van der Waals surface area contributed by atoms with Crippen molar-refractivity contribution in [2.45, 2.75) is 52.7 Å². The molecule has 1 saturated heterocycles. The Hall–Kier alpha value is -2.45. The first-order chi connectivity index (χ1) is 13.6. The number of nitrogens with one attached hydrogen (secondary N) is 1. The maximum Gasteiger partial charge on any atom is 0.275 e. The number of thiazole rings is 1. The van der Waals surface area contributed by atoms with E-state index in [-0.39, 0.29) is 24.3 Å². The van der Waals surface area contributed by atoms with E-state index in [4.69, 9.17) is 4.84 Å². The molecule has 0 unspecified atom stereocenters.